The van der Waals surface area contributed by atoms with Gasteiger partial charge in [-0.25, -0.2) is 4.79 Å². The maximum absolute atomic E-state index is 11.7. The van der Waals surface area contributed by atoms with Gasteiger partial charge in [0.2, 0.25) is 0 Å². The molecule has 1 aromatic heterocycles. The van der Waals surface area contributed by atoms with Crippen molar-refractivity contribution in [1.29, 1.82) is 0 Å². The van der Waals surface area contributed by atoms with Crippen LogP contribution in [-0.4, -0.2) is 18.5 Å². The van der Waals surface area contributed by atoms with E-state index in [9.17, 15) is 9.59 Å². The Morgan fingerprint density at radius 1 is 1.26 bits per heavy atom. The van der Waals surface area contributed by atoms with Crippen LogP contribution in [0.3, 0.4) is 0 Å². The highest BCUT2D eigenvalue weighted by atomic mass is 35.5. The van der Waals surface area contributed by atoms with Gasteiger partial charge in [0, 0.05) is 27.5 Å². The number of rotatable bonds is 6. The number of ether oxygens (including phenoxy) is 1. The van der Waals surface area contributed by atoms with Crippen molar-refractivity contribution in [3.8, 4) is 0 Å². The van der Waals surface area contributed by atoms with Gasteiger partial charge in [0.05, 0.1) is 0 Å². The maximum Gasteiger partial charge on any atom is 0.331 e. The fraction of sp³-hybridized carbons (Fsp3) is 0.125. The molecule has 0 saturated carbocycles. The lowest BCUT2D eigenvalue weighted by Crippen LogP contribution is -2.28. The summed E-state index contributed by atoms with van der Waals surface area (Å²) in [5.41, 5.74) is 0.730. The molecule has 1 amide bonds. The molecule has 0 aliphatic rings. The number of hydrogen-bond acceptors (Lipinski definition) is 4. The molecular weight excluding hydrogens is 357 g/mol. The number of thiophene rings is 1. The van der Waals surface area contributed by atoms with Crippen molar-refractivity contribution in [3.63, 3.8) is 0 Å². The highest BCUT2D eigenvalue weighted by Crippen LogP contribution is 2.20. The van der Waals surface area contributed by atoms with Crippen LogP contribution in [0.15, 0.2) is 41.8 Å². The van der Waals surface area contributed by atoms with E-state index in [1.807, 2.05) is 17.5 Å². The number of hydrogen-bond donors (Lipinski definition) is 1. The summed E-state index contributed by atoms with van der Waals surface area (Å²) < 4.78 is 4.85. The summed E-state index contributed by atoms with van der Waals surface area (Å²) in [6.07, 6.45) is 2.92. The van der Waals surface area contributed by atoms with Gasteiger partial charge < -0.3 is 10.1 Å². The Balaban J connectivity index is 1.73. The first-order chi connectivity index (χ1) is 11.0. The summed E-state index contributed by atoms with van der Waals surface area (Å²) in [6, 6.07) is 8.76. The smallest absolute Gasteiger partial charge is 0.331 e. The van der Waals surface area contributed by atoms with Gasteiger partial charge in [-0.1, -0.05) is 35.3 Å². The molecule has 1 aromatic carbocycles. The van der Waals surface area contributed by atoms with E-state index in [0.29, 0.717) is 10.0 Å². The molecule has 1 heterocycles. The Morgan fingerprint density at radius 2 is 2.09 bits per heavy atom. The third-order valence-corrected chi connectivity index (χ3v) is 4.19. The van der Waals surface area contributed by atoms with Crippen molar-refractivity contribution in [2.75, 3.05) is 6.61 Å². The normalized spacial score (nSPS) is 10.7. The average Bonchev–Trinajstić information content (AvgIpc) is 3.03. The van der Waals surface area contributed by atoms with Crippen LogP contribution in [0, 0.1) is 0 Å². The van der Waals surface area contributed by atoms with Gasteiger partial charge in [0.15, 0.2) is 6.61 Å². The number of nitrogens with one attached hydrogen (secondary N) is 1. The first-order valence-electron chi connectivity index (χ1n) is 6.63. The Kier molecular flexibility index (Phi) is 6.65. The predicted molar refractivity (Wildman–Crippen MR) is 92.6 cm³/mol. The lowest BCUT2D eigenvalue weighted by Gasteiger charge is -2.07. The van der Waals surface area contributed by atoms with Gasteiger partial charge in [-0.3, -0.25) is 4.79 Å². The zero-order valence-electron chi connectivity index (χ0n) is 11.9. The highest BCUT2D eigenvalue weighted by Gasteiger charge is 2.07. The minimum absolute atomic E-state index is 0.234. The van der Waals surface area contributed by atoms with E-state index in [0.717, 1.165) is 10.4 Å². The van der Waals surface area contributed by atoms with Crippen molar-refractivity contribution >= 4 is 52.5 Å². The quantitative estimate of drug-likeness (QED) is 0.619. The van der Waals surface area contributed by atoms with Crippen molar-refractivity contribution in [3.05, 3.63) is 62.3 Å². The lowest BCUT2D eigenvalue weighted by molar-refractivity contribution is -0.143. The van der Waals surface area contributed by atoms with Gasteiger partial charge >= 0.3 is 5.97 Å². The zero-order valence-corrected chi connectivity index (χ0v) is 14.3. The number of halogens is 2. The molecule has 0 spiro atoms. The molecule has 23 heavy (non-hydrogen) atoms. The second-order valence-corrected chi connectivity index (χ2v) is 6.29. The molecule has 0 aliphatic heterocycles. The number of benzene rings is 1. The van der Waals surface area contributed by atoms with Gasteiger partial charge in [-0.15, -0.1) is 11.3 Å². The minimum atomic E-state index is -0.571. The van der Waals surface area contributed by atoms with Gasteiger partial charge in [0.1, 0.15) is 0 Å². The van der Waals surface area contributed by atoms with Crippen LogP contribution >= 0.6 is 34.5 Å². The minimum Gasteiger partial charge on any atom is -0.452 e. The van der Waals surface area contributed by atoms with E-state index in [4.69, 9.17) is 27.9 Å². The number of carbonyl (C=O) groups is 2. The zero-order chi connectivity index (χ0) is 16.7. The molecule has 120 valence electrons. The summed E-state index contributed by atoms with van der Waals surface area (Å²) in [7, 11) is 0. The Bertz CT molecular complexity index is 714. The first-order valence-corrected chi connectivity index (χ1v) is 8.27. The lowest BCUT2D eigenvalue weighted by atomic mass is 10.2. The van der Waals surface area contributed by atoms with Crippen molar-refractivity contribution in [1.82, 2.24) is 5.32 Å². The van der Waals surface area contributed by atoms with Crippen molar-refractivity contribution in [2.24, 2.45) is 0 Å². The van der Waals surface area contributed by atoms with Crippen LogP contribution in [0.5, 0.6) is 0 Å². The van der Waals surface area contributed by atoms with E-state index >= 15 is 0 Å². The molecule has 0 unspecified atom stereocenters. The maximum atomic E-state index is 11.7. The molecule has 0 fully saturated rings. The fourth-order valence-corrected chi connectivity index (χ4v) is 2.72. The van der Waals surface area contributed by atoms with Crippen LogP contribution in [0.1, 0.15) is 10.4 Å². The van der Waals surface area contributed by atoms with Gasteiger partial charge in [0.25, 0.3) is 5.91 Å². The molecule has 0 radical (unpaired) electrons. The van der Waals surface area contributed by atoms with Crippen LogP contribution in [0.25, 0.3) is 6.08 Å². The monoisotopic (exact) mass is 369 g/mol. The number of carbonyl (C=O) groups excluding carboxylic acids is 2. The van der Waals surface area contributed by atoms with E-state index in [1.165, 1.54) is 17.4 Å². The van der Waals surface area contributed by atoms with Crippen molar-refractivity contribution in [2.45, 2.75) is 6.54 Å². The molecule has 0 aliphatic carbocycles. The molecule has 0 bridgehead atoms. The van der Waals surface area contributed by atoms with Crippen LogP contribution < -0.4 is 5.32 Å². The molecule has 7 heteroatoms. The highest BCUT2D eigenvalue weighted by molar-refractivity contribution is 7.10. The van der Waals surface area contributed by atoms with E-state index < -0.39 is 11.9 Å². The van der Waals surface area contributed by atoms with Gasteiger partial charge in [-0.05, 0) is 35.2 Å². The number of esters is 1. The predicted octanol–water partition coefficient (Wildman–Crippen LogP) is 3.93. The summed E-state index contributed by atoms with van der Waals surface area (Å²) in [6.45, 7) is -0.115. The molecule has 2 rings (SSSR count). The summed E-state index contributed by atoms with van der Waals surface area (Å²) in [4.78, 5) is 24.1. The second kappa shape index (κ2) is 8.72. The Hall–Kier alpha value is -1.82. The third-order valence-electron chi connectivity index (χ3n) is 2.76. The topological polar surface area (TPSA) is 55.4 Å². The van der Waals surface area contributed by atoms with Crippen LogP contribution in [0.4, 0.5) is 0 Å². The number of amides is 1. The van der Waals surface area contributed by atoms with E-state index in [1.54, 1.807) is 24.3 Å². The van der Waals surface area contributed by atoms with Crippen molar-refractivity contribution < 1.29 is 14.3 Å². The molecule has 0 saturated heterocycles. The Labute approximate surface area is 147 Å². The standard InChI is InChI=1S/C16H13Cl2NO3S/c17-12-4-3-11(14(18)8-12)9-19-15(20)10-22-16(21)6-5-13-2-1-7-23-13/h1-8H,9-10H2,(H,19,20)/b6-5+. The summed E-state index contributed by atoms with van der Waals surface area (Å²) in [5, 5.41) is 5.51. The second-order valence-electron chi connectivity index (χ2n) is 4.47. The molecular formula is C16H13Cl2NO3S. The molecule has 1 N–H and O–H groups in total. The summed E-state index contributed by atoms with van der Waals surface area (Å²) >= 11 is 13.3. The van der Waals surface area contributed by atoms with Gasteiger partial charge in [-0.2, -0.15) is 0 Å². The van der Waals surface area contributed by atoms with E-state index in [2.05, 4.69) is 5.32 Å². The van der Waals surface area contributed by atoms with Crippen LogP contribution in [-0.2, 0) is 20.9 Å². The average molecular weight is 370 g/mol. The first kappa shape index (κ1) is 17.5. The third kappa shape index (κ3) is 6.06. The Morgan fingerprint density at radius 3 is 2.78 bits per heavy atom. The van der Waals surface area contributed by atoms with E-state index in [-0.39, 0.29) is 13.2 Å². The molecule has 2 aromatic rings. The largest absolute Gasteiger partial charge is 0.452 e. The molecule has 4 nitrogen and oxygen atoms in total. The molecule has 0 atom stereocenters. The van der Waals surface area contributed by atoms with Crippen LogP contribution in [0.2, 0.25) is 10.0 Å². The SMILES string of the molecule is O=C(COC(=O)/C=C/c1cccs1)NCc1ccc(Cl)cc1Cl. The summed E-state index contributed by atoms with van der Waals surface area (Å²) in [5.74, 6) is -0.980. The fourth-order valence-electron chi connectivity index (χ4n) is 1.63.